The van der Waals surface area contributed by atoms with E-state index < -0.39 is 0 Å². The van der Waals surface area contributed by atoms with Gasteiger partial charge in [-0.3, -0.25) is 4.79 Å². The molecule has 1 aromatic carbocycles. The molecule has 0 radical (unpaired) electrons. The molecule has 1 aliphatic rings. The van der Waals surface area contributed by atoms with E-state index in [1.807, 2.05) is 19.1 Å². The van der Waals surface area contributed by atoms with Crippen LogP contribution in [0.25, 0.3) is 0 Å². The Hall–Kier alpha value is -1.51. The largest absolute Gasteiger partial charge is 0.397 e. The number of para-hydroxylation sites is 1. The summed E-state index contributed by atoms with van der Waals surface area (Å²) in [4.78, 5) is 11.9. The summed E-state index contributed by atoms with van der Waals surface area (Å²) in [7, 11) is 0. The van der Waals surface area contributed by atoms with Gasteiger partial charge >= 0.3 is 0 Å². The monoisotopic (exact) mass is 218 g/mol. The number of nitrogens with two attached hydrogens (primary N) is 1. The number of nitrogens with one attached hydrogen (secondary N) is 1. The molecule has 1 aromatic rings. The Labute approximate surface area is 96.0 Å². The highest BCUT2D eigenvalue weighted by molar-refractivity contribution is 5.98. The zero-order chi connectivity index (χ0) is 11.9. The Morgan fingerprint density at radius 1 is 1.50 bits per heavy atom. The smallest absolute Gasteiger partial charge is 0.228 e. The predicted octanol–water partition coefficient (Wildman–Crippen LogP) is 2.56. The molecule has 0 heterocycles. The molecule has 86 valence electrons. The molecule has 16 heavy (non-hydrogen) atoms. The van der Waals surface area contributed by atoms with Crippen molar-refractivity contribution < 1.29 is 4.79 Å². The zero-order valence-electron chi connectivity index (χ0n) is 10.0. The van der Waals surface area contributed by atoms with Crippen molar-refractivity contribution in [2.75, 3.05) is 11.1 Å². The molecule has 3 N–H and O–H groups in total. The molecule has 0 bridgehead atoms. The van der Waals surface area contributed by atoms with Gasteiger partial charge in [0.2, 0.25) is 5.91 Å². The van der Waals surface area contributed by atoms with Crippen LogP contribution in [0.4, 0.5) is 11.4 Å². The lowest BCUT2D eigenvalue weighted by atomic mass is 10.1. The van der Waals surface area contributed by atoms with E-state index in [0.717, 1.165) is 17.7 Å². The standard InChI is InChI=1S/C13H18N2O/c1-8-5-4-6-10(14)11(8)15-12(16)9-7-13(9,2)3/h4-6,9H,7,14H2,1-3H3,(H,15,16). The summed E-state index contributed by atoms with van der Waals surface area (Å²) in [5.74, 6) is 0.220. The molecule has 0 aromatic heterocycles. The van der Waals surface area contributed by atoms with E-state index in [0.29, 0.717) is 5.69 Å². The van der Waals surface area contributed by atoms with Gasteiger partial charge in [0.25, 0.3) is 0 Å². The summed E-state index contributed by atoms with van der Waals surface area (Å²) in [5, 5.41) is 2.93. The van der Waals surface area contributed by atoms with Crippen molar-refractivity contribution in [3.05, 3.63) is 23.8 Å². The molecule has 3 heteroatoms. The third-order valence-electron chi connectivity index (χ3n) is 3.38. The fourth-order valence-corrected chi connectivity index (χ4v) is 1.99. The van der Waals surface area contributed by atoms with E-state index in [2.05, 4.69) is 19.2 Å². The molecule has 0 aliphatic heterocycles. The summed E-state index contributed by atoms with van der Waals surface area (Å²) in [5.41, 5.74) is 8.39. The molecular weight excluding hydrogens is 200 g/mol. The summed E-state index contributed by atoms with van der Waals surface area (Å²) in [6.07, 6.45) is 0.963. The van der Waals surface area contributed by atoms with E-state index in [4.69, 9.17) is 5.73 Å². The Morgan fingerprint density at radius 3 is 2.62 bits per heavy atom. The highest BCUT2D eigenvalue weighted by Gasteiger charge is 2.50. The average molecular weight is 218 g/mol. The first-order chi connectivity index (χ1) is 7.42. The first-order valence-corrected chi connectivity index (χ1v) is 5.58. The molecule has 1 saturated carbocycles. The number of aryl methyl sites for hydroxylation is 1. The van der Waals surface area contributed by atoms with Gasteiger partial charge in [-0.25, -0.2) is 0 Å². The average Bonchev–Trinajstić information content (AvgIpc) is 2.82. The minimum atomic E-state index is 0.0889. The maximum Gasteiger partial charge on any atom is 0.228 e. The highest BCUT2D eigenvalue weighted by Crippen LogP contribution is 2.52. The molecule has 1 amide bonds. The second kappa shape index (κ2) is 3.51. The van der Waals surface area contributed by atoms with Crippen LogP contribution >= 0.6 is 0 Å². The van der Waals surface area contributed by atoms with Gasteiger partial charge in [-0.05, 0) is 30.4 Å². The van der Waals surface area contributed by atoms with E-state index in [9.17, 15) is 4.79 Å². The Bertz CT molecular complexity index is 417. The third-order valence-corrected chi connectivity index (χ3v) is 3.38. The van der Waals surface area contributed by atoms with Crippen molar-refractivity contribution in [2.45, 2.75) is 27.2 Å². The second-order valence-corrected chi connectivity index (χ2v) is 5.27. The van der Waals surface area contributed by atoms with Crippen molar-refractivity contribution in [3.8, 4) is 0 Å². The van der Waals surface area contributed by atoms with Gasteiger partial charge in [-0.1, -0.05) is 26.0 Å². The van der Waals surface area contributed by atoms with Crippen LogP contribution in [0.1, 0.15) is 25.8 Å². The van der Waals surface area contributed by atoms with Gasteiger partial charge in [0.05, 0.1) is 11.4 Å². The quantitative estimate of drug-likeness (QED) is 0.749. The molecule has 1 aliphatic carbocycles. The fourth-order valence-electron chi connectivity index (χ4n) is 1.99. The Kier molecular flexibility index (Phi) is 2.41. The molecular formula is C13H18N2O. The molecule has 2 rings (SSSR count). The van der Waals surface area contributed by atoms with E-state index in [1.165, 1.54) is 0 Å². The number of carbonyl (C=O) groups is 1. The normalized spacial score (nSPS) is 21.6. The second-order valence-electron chi connectivity index (χ2n) is 5.27. The van der Waals surface area contributed by atoms with E-state index >= 15 is 0 Å². The fraction of sp³-hybridized carbons (Fsp3) is 0.462. The lowest BCUT2D eigenvalue weighted by molar-refractivity contribution is -0.118. The number of anilines is 2. The summed E-state index contributed by atoms with van der Waals surface area (Å²) in [6, 6.07) is 5.64. The van der Waals surface area contributed by atoms with Gasteiger partial charge in [-0.15, -0.1) is 0 Å². The van der Waals surface area contributed by atoms with Crippen LogP contribution in [0, 0.1) is 18.3 Å². The SMILES string of the molecule is Cc1cccc(N)c1NC(=O)C1CC1(C)C. The van der Waals surface area contributed by atoms with Crippen LogP contribution in [-0.4, -0.2) is 5.91 Å². The highest BCUT2D eigenvalue weighted by atomic mass is 16.2. The summed E-state index contributed by atoms with van der Waals surface area (Å²) >= 11 is 0. The van der Waals surface area contributed by atoms with Gasteiger partial charge < -0.3 is 11.1 Å². The number of amides is 1. The Morgan fingerprint density at radius 2 is 2.12 bits per heavy atom. The van der Waals surface area contributed by atoms with Crippen LogP contribution in [0.2, 0.25) is 0 Å². The molecule has 1 unspecified atom stereocenters. The molecule has 1 fully saturated rings. The molecule has 1 atom stereocenters. The van der Waals surface area contributed by atoms with Crippen molar-refractivity contribution in [1.29, 1.82) is 0 Å². The number of carbonyl (C=O) groups excluding carboxylic acids is 1. The van der Waals surface area contributed by atoms with Crippen molar-refractivity contribution >= 4 is 17.3 Å². The zero-order valence-corrected chi connectivity index (χ0v) is 10.0. The van der Waals surface area contributed by atoms with Gasteiger partial charge in [0.15, 0.2) is 0 Å². The van der Waals surface area contributed by atoms with Crippen molar-refractivity contribution in [3.63, 3.8) is 0 Å². The van der Waals surface area contributed by atoms with E-state index in [1.54, 1.807) is 6.07 Å². The lowest BCUT2D eigenvalue weighted by Gasteiger charge is -2.11. The van der Waals surface area contributed by atoms with Gasteiger partial charge in [-0.2, -0.15) is 0 Å². The minimum Gasteiger partial charge on any atom is -0.397 e. The van der Waals surface area contributed by atoms with Crippen LogP contribution in [0.15, 0.2) is 18.2 Å². The van der Waals surface area contributed by atoms with Gasteiger partial charge in [0.1, 0.15) is 0 Å². The van der Waals surface area contributed by atoms with Crippen LogP contribution in [0.3, 0.4) is 0 Å². The maximum absolute atomic E-state index is 11.9. The van der Waals surface area contributed by atoms with Gasteiger partial charge in [0, 0.05) is 5.92 Å². The topological polar surface area (TPSA) is 55.1 Å². The predicted molar refractivity (Wildman–Crippen MR) is 66.1 cm³/mol. The third kappa shape index (κ3) is 1.90. The number of rotatable bonds is 2. The maximum atomic E-state index is 11.9. The molecule has 3 nitrogen and oxygen atoms in total. The van der Waals surface area contributed by atoms with Crippen molar-refractivity contribution in [2.24, 2.45) is 11.3 Å². The van der Waals surface area contributed by atoms with E-state index in [-0.39, 0.29) is 17.2 Å². The number of nitrogen functional groups attached to an aromatic ring is 1. The van der Waals surface area contributed by atoms with Crippen LogP contribution in [0.5, 0.6) is 0 Å². The summed E-state index contributed by atoms with van der Waals surface area (Å²) in [6.45, 7) is 6.17. The Balaban J connectivity index is 2.13. The first-order valence-electron chi connectivity index (χ1n) is 5.58. The van der Waals surface area contributed by atoms with Crippen molar-refractivity contribution in [1.82, 2.24) is 0 Å². The van der Waals surface area contributed by atoms with Crippen LogP contribution in [-0.2, 0) is 4.79 Å². The van der Waals surface area contributed by atoms with Crippen LogP contribution < -0.4 is 11.1 Å². The lowest BCUT2D eigenvalue weighted by Crippen LogP contribution is -2.18. The first kappa shape index (κ1) is 11.0. The number of hydrogen-bond donors (Lipinski definition) is 2. The summed E-state index contributed by atoms with van der Waals surface area (Å²) < 4.78 is 0. The number of benzene rings is 1. The molecule has 0 saturated heterocycles. The molecule has 0 spiro atoms. The minimum absolute atomic E-state index is 0.0889. The number of hydrogen-bond acceptors (Lipinski definition) is 2.